The zero-order valence-electron chi connectivity index (χ0n) is 15.6. The van der Waals surface area contributed by atoms with Gasteiger partial charge in [0.25, 0.3) is 5.91 Å². The molecule has 2 heterocycles. The third-order valence-electron chi connectivity index (χ3n) is 6.22. The van der Waals surface area contributed by atoms with Crippen LogP contribution in [0.4, 0.5) is 0 Å². The molecule has 0 unspecified atom stereocenters. The Morgan fingerprint density at radius 3 is 2.72 bits per heavy atom. The van der Waals surface area contributed by atoms with E-state index in [1.165, 1.54) is 25.7 Å². The Hall–Kier alpha value is -1.91. The van der Waals surface area contributed by atoms with Crippen LogP contribution < -0.4 is 5.32 Å². The molecule has 0 spiro atoms. The van der Waals surface area contributed by atoms with Crippen molar-refractivity contribution in [3.63, 3.8) is 0 Å². The molecule has 4 atom stereocenters. The van der Waals surface area contributed by atoms with Gasteiger partial charge in [-0.3, -0.25) is 4.79 Å². The average Bonchev–Trinajstić information content (AvgIpc) is 3.28. The average molecular weight is 340 g/mol. The number of hydrogen-bond donors (Lipinski definition) is 1. The summed E-state index contributed by atoms with van der Waals surface area (Å²) in [5.74, 6) is 2.35. The van der Waals surface area contributed by atoms with Crippen molar-refractivity contribution in [1.82, 2.24) is 20.1 Å². The normalized spacial score (nSPS) is 26.5. The highest BCUT2D eigenvalue weighted by atomic mass is 16.1. The molecular formula is C20H28N4O. The van der Waals surface area contributed by atoms with Crippen LogP contribution in [0.25, 0.3) is 11.0 Å². The van der Waals surface area contributed by atoms with E-state index in [1.807, 2.05) is 17.7 Å². The fourth-order valence-corrected chi connectivity index (χ4v) is 5.01. The number of aromatic nitrogens is 3. The third kappa shape index (κ3) is 2.83. The summed E-state index contributed by atoms with van der Waals surface area (Å²) in [6, 6.07) is 2.33. The molecule has 1 N–H and O–H groups in total. The Balaban J connectivity index is 1.59. The number of hydrogen-bond acceptors (Lipinski definition) is 3. The van der Waals surface area contributed by atoms with Crippen LogP contribution in [0.3, 0.4) is 0 Å². The van der Waals surface area contributed by atoms with Crippen LogP contribution in [0.5, 0.6) is 0 Å². The fourth-order valence-electron chi connectivity index (χ4n) is 5.01. The van der Waals surface area contributed by atoms with Crippen molar-refractivity contribution in [3.8, 4) is 0 Å². The van der Waals surface area contributed by atoms with Gasteiger partial charge in [0.15, 0.2) is 5.65 Å². The maximum atomic E-state index is 13.0. The highest BCUT2D eigenvalue weighted by Gasteiger charge is 2.42. The van der Waals surface area contributed by atoms with E-state index in [0.29, 0.717) is 11.5 Å². The van der Waals surface area contributed by atoms with Crippen LogP contribution in [-0.4, -0.2) is 26.7 Å². The SMILES string of the molecule is Cc1cc(C(=O)N[C@@H](C)[C@H]2C[C@H]3CC[C@H]2C3)c2cnn(C(C)C)c2n1. The van der Waals surface area contributed by atoms with Crippen molar-refractivity contribution < 1.29 is 4.79 Å². The number of nitrogens with zero attached hydrogens (tertiary/aromatic N) is 3. The lowest BCUT2D eigenvalue weighted by Crippen LogP contribution is -2.40. The molecule has 0 aliphatic heterocycles. The van der Waals surface area contributed by atoms with Crippen LogP contribution in [-0.2, 0) is 0 Å². The lowest BCUT2D eigenvalue weighted by atomic mass is 9.84. The molecule has 134 valence electrons. The molecule has 0 saturated heterocycles. The summed E-state index contributed by atoms with van der Waals surface area (Å²) in [5, 5.41) is 8.56. The Labute approximate surface area is 149 Å². The second-order valence-electron chi connectivity index (χ2n) is 8.33. The van der Waals surface area contributed by atoms with Gasteiger partial charge in [-0.1, -0.05) is 6.42 Å². The number of nitrogens with one attached hydrogen (secondary N) is 1. The summed E-state index contributed by atoms with van der Waals surface area (Å²) < 4.78 is 1.89. The quantitative estimate of drug-likeness (QED) is 0.919. The van der Waals surface area contributed by atoms with Gasteiger partial charge in [0.2, 0.25) is 0 Å². The summed E-state index contributed by atoms with van der Waals surface area (Å²) in [6.07, 6.45) is 7.15. The molecule has 2 aromatic rings. The molecule has 2 aromatic heterocycles. The van der Waals surface area contributed by atoms with Crippen LogP contribution >= 0.6 is 0 Å². The summed E-state index contributed by atoms with van der Waals surface area (Å²) in [4.78, 5) is 17.6. The monoisotopic (exact) mass is 340 g/mol. The molecule has 2 bridgehead atoms. The number of aryl methyl sites for hydroxylation is 1. The van der Waals surface area contributed by atoms with Gasteiger partial charge in [0.05, 0.1) is 17.1 Å². The highest BCUT2D eigenvalue weighted by molar-refractivity contribution is 6.05. The van der Waals surface area contributed by atoms with Gasteiger partial charge < -0.3 is 5.32 Å². The van der Waals surface area contributed by atoms with Gasteiger partial charge in [0.1, 0.15) is 0 Å². The van der Waals surface area contributed by atoms with E-state index in [-0.39, 0.29) is 18.0 Å². The first kappa shape index (κ1) is 16.6. The Morgan fingerprint density at radius 1 is 1.28 bits per heavy atom. The fraction of sp³-hybridized carbons (Fsp3) is 0.650. The molecule has 25 heavy (non-hydrogen) atoms. The topological polar surface area (TPSA) is 59.8 Å². The second-order valence-corrected chi connectivity index (χ2v) is 8.33. The first-order chi connectivity index (χ1) is 11.9. The molecule has 5 heteroatoms. The lowest BCUT2D eigenvalue weighted by Gasteiger charge is -2.28. The predicted molar refractivity (Wildman–Crippen MR) is 98.5 cm³/mol. The molecule has 1 amide bonds. The maximum absolute atomic E-state index is 13.0. The Kier molecular flexibility index (Phi) is 4.05. The van der Waals surface area contributed by atoms with Crippen LogP contribution in [0.2, 0.25) is 0 Å². The van der Waals surface area contributed by atoms with Crippen LogP contribution in [0.1, 0.15) is 68.5 Å². The maximum Gasteiger partial charge on any atom is 0.252 e. The molecule has 2 saturated carbocycles. The van der Waals surface area contributed by atoms with Gasteiger partial charge in [-0.2, -0.15) is 5.10 Å². The van der Waals surface area contributed by atoms with Gasteiger partial charge in [-0.25, -0.2) is 9.67 Å². The molecule has 5 nitrogen and oxygen atoms in total. The van der Waals surface area contributed by atoms with Crippen LogP contribution in [0, 0.1) is 24.7 Å². The standard InChI is InChI=1S/C20H28N4O/c1-11(2)24-19-18(10-21-24)17(7-12(3)22-19)20(25)23-13(4)16-9-14-5-6-15(16)8-14/h7,10-11,13-16H,5-6,8-9H2,1-4H3,(H,23,25)/t13-,14-,15-,16+/m0/s1. The summed E-state index contributed by atoms with van der Waals surface area (Å²) in [6.45, 7) is 8.26. The van der Waals surface area contributed by atoms with Crippen molar-refractivity contribution in [2.75, 3.05) is 0 Å². The Bertz CT molecular complexity index is 809. The van der Waals surface area contributed by atoms with E-state index < -0.39 is 0 Å². The first-order valence-corrected chi connectivity index (χ1v) is 9.59. The largest absolute Gasteiger partial charge is 0.349 e. The van der Waals surface area contributed by atoms with Gasteiger partial charge in [-0.15, -0.1) is 0 Å². The lowest BCUT2D eigenvalue weighted by molar-refractivity contribution is 0.0917. The minimum atomic E-state index is 0.00841. The number of carbonyl (C=O) groups excluding carboxylic acids is 1. The smallest absolute Gasteiger partial charge is 0.252 e. The molecule has 2 aliphatic carbocycles. The van der Waals surface area contributed by atoms with E-state index in [1.54, 1.807) is 6.20 Å². The Morgan fingerprint density at radius 2 is 2.08 bits per heavy atom. The molecule has 0 aromatic carbocycles. The van der Waals surface area contributed by atoms with Crippen molar-refractivity contribution >= 4 is 16.9 Å². The van der Waals surface area contributed by atoms with Gasteiger partial charge in [0, 0.05) is 17.8 Å². The van der Waals surface area contributed by atoms with E-state index >= 15 is 0 Å². The number of carbonyl (C=O) groups is 1. The molecule has 2 fully saturated rings. The highest BCUT2D eigenvalue weighted by Crippen LogP contribution is 2.49. The van der Waals surface area contributed by atoms with Crippen LogP contribution in [0.15, 0.2) is 12.3 Å². The number of fused-ring (bicyclic) bond motifs is 3. The zero-order valence-corrected chi connectivity index (χ0v) is 15.6. The van der Waals surface area contributed by atoms with Crippen molar-refractivity contribution in [3.05, 3.63) is 23.5 Å². The van der Waals surface area contributed by atoms with E-state index in [2.05, 4.69) is 36.2 Å². The summed E-state index contributed by atoms with van der Waals surface area (Å²) in [7, 11) is 0. The summed E-state index contributed by atoms with van der Waals surface area (Å²) in [5.41, 5.74) is 2.35. The molecule has 0 radical (unpaired) electrons. The number of rotatable bonds is 4. The van der Waals surface area contributed by atoms with Gasteiger partial charge >= 0.3 is 0 Å². The minimum Gasteiger partial charge on any atom is -0.349 e. The van der Waals surface area contributed by atoms with E-state index in [9.17, 15) is 4.79 Å². The van der Waals surface area contributed by atoms with Crippen molar-refractivity contribution in [1.29, 1.82) is 0 Å². The summed E-state index contributed by atoms with van der Waals surface area (Å²) >= 11 is 0. The molecular weight excluding hydrogens is 312 g/mol. The van der Waals surface area contributed by atoms with E-state index in [4.69, 9.17) is 0 Å². The van der Waals surface area contributed by atoms with Gasteiger partial charge in [-0.05, 0) is 70.8 Å². The number of pyridine rings is 1. The first-order valence-electron chi connectivity index (χ1n) is 9.59. The van der Waals surface area contributed by atoms with E-state index in [0.717, 1.165) is 28.6 Å². The zero-order chi connectivity index (χ0) is 17.7. The number of amides is 1. The van der Waals surface area contributed by atoms with Crippen molar-refractivity contribution in [2.45, 2.75) is 65.5 Å². The molecule has 2 aliphatic rings. The molecule has 4 rings (SSSR count). The predicted octanol–water partition coefficient (Wildman–Crippen LogP) is 3.88. The minimum absolute atomic E-state index is 0.00841. The second kappa shape index (κ2) is 6.11. The van der Waals surface area contributed by atoms with Crippen molar-refractivity contribution in [2.24, 2.45) is 17.8 Å². The third-order valence-corrected chi connectivity index (χ3v) is 6.22.